The summed E-state index contributed by atoms with van der Waals surface area (Å²) in [6, 6.07) is 9.28. The maximum Gasteiger partial charge on any atom is 0.279 e. The first kappa shape index (κ1) is 23.0. The summed E-state index contributed by atoms with van der Waals surface area (Å²) in [4.78, 5) is 17.6. The third kappa shape index (κ3) is 4.33. The standard InChI is InChI=1S/C20H21Cl2N3O3S2/c1-4-24(5-2)30(27,28)15-9-7-13(8-10-15)19(26)23-20-25(6-3)18-16(22)11-14(21)12-17(18)29-20/h7-12H,4-6H2,1-3H3. The van der Waals surface area contributed by atoms with Crippen LogP contribution in [0.5, 0.6) is 0 Å². The summed E-state index contributed by atoms with van der Waals surface area (Å²) in [5.74, 6) is -0.460. The summed E-state index contributed by atoms with van der Waals surface area (Å²) < 4.78 is 29.3. The van der Waals surface area contributed by atoms with Crippen LogP contribution in [0.15, 0.2) is 46.3 Å². The van der Waals surface area contributed by atoms with Crippen molar-refractivity contribution in [2.24, 2.45) is 4.99 Å². The predicted molar refractivity (Wildman–Crippen MR) is 122 cm³/mol. The SMILES string of the molecule is CCN(CC)S(=O)(=O)c1ccc(C(=O)N=c2sc3cc(Cl)cc(Cl)c3n2CC)cc1. The second kappa shape index (κ2) is 9.20. The van der Waals surface area contributed by atoms with E-state index < -0.39 is 15.9 Å². The summed E-state index contributed by atoms with van der Waals surface area (Å²) in [5.41, 5.74) is 1.08. The van der Waals surface area contributed by atoms with Gasteiger partial charge in [-0.05, 0) is 43.3 Å². The Morgan fingerprint density at radius 1 is 1.10 bits per heavy atom. The van der Waals surface area contributed by atoms with Crippen molar-refractivity contribution in [3.05, 3.63) is 56.8 Å². The lowest BCUT2D eigenvalue weighted by Gasteiger charge is -2.18. The summed E-state index contributed by atoms with van der Waals surface area (Å²) in [6.07, 6.45) is 0. The Morgan fingerprint density at radius 3 is 2.30 bits per heavy atom. The first-order valence-electron chi connectivity index (χ1n) is 9.40. The highest BCUT2D eigenvalue weighted by molar-refractivity contribution is 7.89. The van der Waals surface area contributed by atoms with Gasteiger partial charge in [-0.15, -0.1) is 0 Å². The van der Waals surface area contributed by atoms with E-state index >= 15 is 0 Å². The van der Waals surface area contributed by atoms with Crippen molar-refractivity contribution in [2.45, 2.75) is 32.2 Å². The molecule has 6 nitrogen and oxygen atoms in total. The molecule has 3 rings (SSSR count). The molecule has 0 aliphatic heterocycles. The van der Waals surface area contributed by atoms with Crippen LogP contribution in [-0.2, 0) is 16.6 Å². The lowest BCUT2D eigenvalue weighted by Crippen LogP contribution is -2.30. The van der Waals surface area contributed by atoms with Gasteiger partial charge in [-0.2, -0.15) is 9.30 Å². The van der Waals surface area contributed by atoms with Crippen molar-refractivity contribution in [2.75, 3.05) is 13.1 Å². The van der Waals surface area contributed by atoms with E-state index in [2.05, 4.69) is 4.99 Å². The van der Waals surface area contributed by atoms with Gasteiger partial charge in [0.1, 0.15) is 0 Å². The number of fused-ring (bicyclic) bond motifs is 1. The highest BCUT2D eigenvalue weighted by Crippen LogP contribution is 2.29. The van der Waals surface area contributed by atoms with E-state index in [-0.39, 0.29) is 4.90 Å². The molecular formula is C20H21Cl2N3O3S2. The van der Waals surface area contributed by atoms with E-state index in [9.17, 15) is 13.2 Å². The predicted octanol–water partition coefficient (Wildman–Crippen LogP) is 4.80. The van der Waals surface area contributed by atoms with E-state index in [0.29, 0.717) is 40.0 Å². The third-order valence-corrected chi connectivity index (χ3v) is 8.25. The van der Waals surface area contributed by atoms with Crippen LogP contribution in [0.25, 0.3) is 10.2 Å². The lowest BCUT2D eigenvalue weighted by molar-refractivity contribution is 0.0997. The second-order valence-corrected chi connectivity index (χ2v) is 10.2. The van der Waals surface area contributed by atoms with Gasteiger partial charge in [-0.1, -0.05) is 48.4 Å². The van der Waals surface area contributed by atoms with Gasteiger partial charge in [-0.3, -0.25) is 4.79 Å². The summed E-state index contributed by atoms with van der Waals surface area (Å²) in [7, 11) is -3.58. The van der Waals surface area contributed by atoms with Crippen molar-refractivity contribution in [1.29, 1.82) is 0 Å². The second-order valence-electron chi connectivity index (χ2n) is 6.39. The van der Waals surface area contributed by atoms with Crippen molar-refractivity contribution < 1.29 is 13.2 Å². The van der Waals surface area contributed by atoms with E-state index in [1.54, 1.807) is 26.0 Å². The molecule has 0 bridgehead atoms. The Kier molecular flexibility index (Phi) is 7.04. The van der Waals surface area contributed by atoms with Crippen molar-refractivity contribution in [1.82, 2.24) is 8.87 Å². The van der Waals surface area contributed by atoms with Crippen LogP contribution in [0.3, 0.4) is 0 Å². The molecule has 10 heteroatoms. The molecule has 30 heavy (non-hydrogen) atoms. The smallest absolute Gasteiger partial charge is 0.279 e. The molecule has 160 valence electrons. The molecule has 1 amide bonds. The Balaban J connectivity index is 2.00. The maximum atomic E-state index is 12.7. The number of aromatic nitrogens is 1. The van der Waals surface area contributed by atoms with E-state index in [0.717, 1.165) is 10.2 Å². The first-order chi connectivity index (χ1) is 14.2. The van der Waals surface area contributed by atoms with Crippen LogP contribution in [0.2, 0.25) is 10.0 Å². The van der Waals surface area contributed by atoms with Crippen molar-refractivity contribution >= 4 is 60.7 Å². The van der Waals surface area contributed by atoms with E-state index in [4.69, 9.17) is 23.2 Å². The number of amides is 1. The fraction of sp³-hybridized carbons (Fsp3) is 0.300. The number of hydrogen-bond donors (Lipinski definition) is 0. The average molecular weight is 486 g/mol. The molecule has 0 aliphatic carbocycles. The zero-order chi connectivity index (χ0) is 22.1. The fourth-order valence-electron chi connectivity index (χ4n) is 3.14. The van der Waals surface area contributed by atoms with Crippen LogP contribution in [-0.4, -0.2) is 36.3 Å². The number of hydrogen-bond acceptors (Lipinski definition) is 4. The summed E-state index contributed by atoms with van der Waals surface area (Å²) in [5, 5.41) is 1.01. The normalized spacial score (nSPS) is 12.8. The molecule has 0 aliphatic rings. The highest BCUT2D eigenvalue weighted by Gasteiger charge is 2.21. The third-order valence-electron chi connectivity index (χ3n) is 4.65. The topological polar surface area (TPSA) is 71.7 Å². The Morgan fingerprint density at radius 2 is 1.73 bits per heavy atom. The zero-order valence-electron chi connectivity index (χ0n) is 16.7. The molecule has 0 saturated heterocycles. The number of carbonyl (C=O) groups excluding carboxylic acids is 1. The summed E-state index contributed by atoms with van der Waals surface area (Å²) in [6.45, 7) is 6.84. The average Bonchev–Trinajstić information content (AvgIpc) is 3.05. The van der Waals surface area contributed by atoms with Gasteiger partial charge >= 0.3 is 0 Å². The number of sulfonamides is 1. The minimum absolute atomic E-state index is 0.148. The molecule has 1 heterocycles. The minimum Gasteiger partial charge on any atom is -0.315 e. The molecule has 1 aromatic heterocycles. The monoisotopic (exact) mass is 485 g/mol. The van der Waals surface area contributed by atoms with Crippen LogP contribution < -0.4 is 4.80 Å². The molecule has 2 aromatic carbocycles. The van der Waals surface area contributed by atoms with Crippen LogP contribution in [0.4, 0.5) is 0 Å². The molecule has 0 radical (unpaired) electrons. The summed E-state index contributed by atoms with van der Waals surface area (Å²) >= 11 is 13.7. The molecule has 0 atom stereocenters. The van der Waals surface area contributed by atoms with Gasteiger partial charge < -0.3 is 4.57 Å². The molecule has 0 saturated carbocycles. The van der Waals surface area contributed by atoms with Gasteiger partial charge in [0.15, 0.2) is 4.80 Å². The highest BCUT2D eigenvalue weighted by atomic mass is 35.5. The zero-order valence-corrected chi connectivity index (χ0v) is 19.9. The fourth-order valence-corrected chi connectivity index (χ4v) is 6.47. The van der Waals surface area contributed by atoms with E-state index in [1.165, 1.54) is 39.9 Å². The van der Waals surface area contributed by atoms with Crippen LogP contribution >= 0.6 is 34.5 Å². The molecule has 0 fully saturated rings. The van der Waals surface area contributed by atoms with Gasteiger partial charge in [0, 0.05) is 30.2 Å². The molecular weight excluding hydrogens is 465 g/mol. The quantitative estimate of drug-likeness (QED) is 0.503. The maximum absolute atomic E-state index is 12.7. The number of carbonyl (C=O) groups is 1. The number of thiazole rings is 1. The molecule has 0 spiro atoms. The van der Waals surface area contributed by atoms with Gasteiger partial charge in [0.25, 0.3) is 5.91 Å². The van der Waals surface area contributed by atoms with Crippen LogP contribution in [0.1, 0.15) is 31.1 Å². The number of halogens is 2. The van der Waals surface area contributed by atoms with Crippen molar-refractivity contribution in [3.8, 4) is 0 Å². The number of rotatable bonds is 6. The number of benzene rings is 2. The van der Waals surface area contributed by atoms with Gasteiger partial charge in [0.05, 0.1) is 20.1 Å². The van der Waals surface area contributed by atoms with Gasteiger partial charge in [0.2, 0.25) is 10.0 Å². The molecule has 0 unspecified atom stereocenters. The Labute approximate surface area is 189 Å². The first-order valence-corrected chi connectivity index (χ1v) is 12.4. The minimum atomic E-state index is -3.58. The number of aryl methyl sites for hydroxylation is 1. The molecule has 0 N–H and O–H groups in total. The Hall–Kier alpha value is -1.71. The molecule has 3 aromatic rings. The van der Waals surface area contributed by atoms with Crippen LogP contribution in [0, 0.1) is 0 Å². The number of nitrogens with zero attached hydrogens (tertiary/aromatic N) is 3. The largest absolute Gasteiger partial charge is 0.315 e. The van der Waals surface area contributed by atoms with Gasteiger partial charge in [-0.25, -0.2) is 8.42 Å². The Bertz CT molecular complexity index is 1260. The lowest BCUT2D eigenvalue weighted by atomic mass is 10.2. The van der Waals surface area contributed by atoms with E-state index in [1.807, 2.05) is 11.5 Å². The van der Waals surface area contributed by atoms with Crippen molar-refractivity contribution in [3.63, 3.8) is 0 Å².